The Bertz CT molecular complexity index is 228. The Morgan fingerprint density at radius 1 is 1.00 bits per heavy atom. The van der Waals surface area contributed by atoms with Crippen molar-refractivity contribution in [1.29, 1.82) is 0 Å². The average Bonchev–Trinajstić information content (AvgIpc) is 2.06. The molecule has 0 atom stereocenters. The number of allylic oxidation sites excluding steroid dienone is 4. The fraction of sp³-hybridized carbons (Fsp3) is 0.600. The Morgan fingerprint density at radius 3 is 1.55 bits per heavy atom. The summed E-state index contributed by atoms with van der Waals surface area (Å²) in [6.07, 6.45) is 0. The van der Waals surface area contributed by atoms with Crippen LogP contribution in [0.5, 0.6) is 0 Å². The second-order valence-corrected chi connectivity index (χ2v) is 5.10. The molecule has 0 saturated carbocycles. The van der Waals surface area contributed by atoms with E-state index in [0.29, 0.717) is 5.41 Å². The van der Waals surface area contributed by atoms with Gasteiger partial charge in [-0.2, -0.15) is 0 Å². The van der Waals surface area contributed by atoms with Crippen LogP contribution in [0.1, 0.15) is 34.6 Å². The van der Waals surface area contributed by atoms with Crippen molar-refractivity contribution < 1.29 is 24.7 Å². The summed E-state index contributed by atoms with van der Waals surface area (Å²) in [6, 6.07) is 0. The molecule has 0 saturated heterocycles. The Morgan fingerprint density at radius 2 is 1.45 bits per heavy atom. The zero-order valence-corrected chi connectivity index (χ0v) is 10.5. The Labute approximate surface area is 84.6 Å². The van der Waals surface area contributed by atoms with Crippen molar-refractivity contribution in [2.75, 3.05) is 0 Å². The van der Waals surface area contributed by atoms with Crippen LogP contribution in [-0.4, -0.2) is 0 Å². The van der Waals surface area contributed by atoms with Crippen molar-refractivity contribution in [3.05, 3.63) is 20.0 Å². The topological polar surface area (TPSA) is 0 Å². The summed E-state index contributed by atoms with van der Waals surface area (Å²) in [5, 5.41) is 0. The van der Waals surface area contributed by atoms with Gasteiger partial charge in [0.15, 0.2) is 0 Å². The van der Waals surface area contributed by atoms with Gasteiger partial charge in [-0.05, 0) is 0 Å². The van der Waals surface area contributed by atoms with Crippen LogP contribution in [-0.2, 0) is 24.7 Å². The second kappa shape index (κ2) is 2.69. The van der Waals surface area contributed by atoms with E-state index in [0.717, 1.165) is 0 Å². The van der Waals surface area contributed by atoms with Crippen LogP contribution >= 0.6 is 0 Å². The second-order valence-electron chi connectivity index (χ2n) is 3.88. The van der Waals surface area contributed by atoms with Crippen molar-refractivity contribution in [3.8, 4) is 0 Å². The fourth-order valence-corrected chi connectivity index (χ4v) is 2.52. The molecule has 59 valence electrons. The van der Waals surface area contributed by atoms with Gasteiger partial charge in [0.2, 0.25) is 0 Å². The summed E-state index contributed by atoms with van der Waals surface area (Å²) in [7, 11) is 0. The first-order chi connectivity index (χ1) is 4.89. The molecule has 0 aromatic rings. The molecule has 0 amide bonds. The molecule has 0 N–H and O–H groups in total. The normalized spacial score (nSPS) is 23.3. The fourth-order valence-electron chi connectivity index (χ4n) is 1.59. The van der Waals surface area contributed by atoms with E-state index in [-0.39, 0.29) is 0 Å². The molecule has 0 fully saturated rings. The monoisotopic (exact) mass is 225 g/mol. The molecule has 0 spiro atoms. The number of hydrogen-bond acceptors (Lipinski definition) is 0. The first-order valence-corrected chi connectivity index (χ1v) is 5.23. The van der Waals surface area contributed by atoms with E-state index in [1.807, 2.05) is 0 Å². The molecule has 0 heterocycles. The third kappa shape index (κ3) is 1.22. The molecule has 1 aliphatic carbocycles. The van der Waals surface area contributed by atoms with Gasteiger partial charge in [0.05, 0.1) is 0 Å². The van der Waals surface area contributed by atoms with Gasteiger partial charge in [-0.15, -0.1) is 0 Å². The van der Waals surface area contributed by atoms with E-state index < -0.39 is 0 Å². The standard InChI is InChI=1S/C10H15.Zr/c1-7-6-10(4,5)9(3)8(7)2;/h1-5H3;. The van der Waals surface area contributed by atoms with Crippen LogP contribution in [0.15, 0.2) is 20.0 Å². The third-order valence-corrected chi connectivity index (χ3v) is 5.52. The summed E-state index contributed by atoms with van der Waals surface area (Å²) < 4.78 is 1.62. The molecule has 0 nitrogen and oxygen atoms in total. The zero-order chi connectivity index (χ0) is 8.81. The molecule has 1 heteroatoms. The summed E-state index contributed by atoms with van der Waals surface area (Å²) >= 11 is 1.57. The summed E-state index contributed by atoms with van der Waals surface area (Å²) in [5.74, 6) is 0. The average molecular weight is 226 g/mol. The minimum atomic E-state index is 0.354. The number of hydrogen-bond donors (Lipinski definition) is 0. The van der Waals surface area contributed by atoms with E-state index in [9.17, 15) is 0 Å². The Hall–Kier alpha value is 0.363. The van der Waals surface area contributed by atoms with Gasteiger partial charge in [0.1, 0.15) is 0 Å². The van der Waals surface area contributed by atoms with Gasteiger partial charge in [0.25, 0.3) is 0 Å². The van der Waals surface area contributed by atoms with Gasteiger partial charge in [0, 0.05) is 0 Å². The molecule has 0 aromatic carbocycles. The molecular weight excluding hydrogens is 211 g/mol. The molecule has 11 heavy (non-hydrogen) atoms. The van der Waals surface area contributed by atoms with E-state index in [1.165, 1.54) is 11.1 Å². The predicted octanol–water partition coefficient (Wildman–Crippen LogP) is 3.18. The number of rotatable bonds is 0. The molecule has 0 unspecified atom stereocenters. The van der Waals surface area contributed by atoms with E-state index in [4.69, 9.17) is 0 Å². The maximum absolute atomic E-state index is 2.33. The van der Waals surface area contributed by atoms with Crippen molar-refractivity contribution in [3.63, 3.8) is 0 Å². The van der Waals surface area contributed by atoms with Gasteiger partial charge >= 0.3 is 84.8 Å². The van der Waals surface area contributed by atoms with Gasteiger partial charge in [-0.1, -0.05) is 0 Å². The summed E-state index contributed by atoms with van der Waals surface area (Å²) in [5.41, 5.74) is 4.96. The SMILES string of the molecule is CC1=C(C)C(C)(C)[C]([Zr])=C1C. The van der Waals surface area contributed by atoms with Crippen LogP contribution in [0.4, 0.5) is 0 Å². The Balaban J connectivity index is 3.27. The molecular formula is C10H15Zr. The zero-order valence-electron chi connectivity index (χ0n) is 8.00. The van der Waals surface area contributed by atoms with Gasteiger partial charge in [-0.25, -0.2) is 0 Å². The van der Waals surface area contributed by atoms with Gasteiger partial charge in [-0.3, -0.25) is 0 Å². The molecule has 0 aliphatic heterocycles. The summed E-state index contributed by atoms with van der Waals surface area (Å²) in [6.45, 7) is 11.4. The molecule has 0 bridgehead atoms. The quantitative estimate of drug-likeness (QED) is 0.595. The van der Waals surface area contributed by atoms with Crippen molar-refractivity contribution >= 4 is 0 Å². The van der Waals surface area contributed by atoms with Crippen LogP contribution in [0.25, 0.3) is 0 Å². The maximum atomic E-state index is 2.33. The van der Waals surface area contributed by atoms with Gasteiger partial charge < -0.3 is 0 Å². The molecule has 1 aliphatic rings. The van der Waals surface area contributed by atoms with Crippen molar-refractivity contribution in [2.24, 2.45) is 5.41 Å². The van der Waals surface area contributed by atoms with Crippen molar-refractivity contribution in [2.45, 2.75) is 34.6 Å². The van der Waals surface area contributed by atoms with E-state index in [1.54, 1.807) is 33.6 Å². The van der Waals surface area contributed by atoms with E-state index in [2.05, 4.69) is 34.6 Å². The van der Waals surface area contributed by atoms with Crippen LogP contribution < -0.4 is 0 Å². The summed E-state index contributed by atoms with van der Waals surface area (Å²) in [4.78, 5) is 0. The van der Waals surface area contributed by atoms with Crippen LogP contribution in [0.3, 0.4) is 0 Å². The predicted molar refractivity (Wildman–Crippen MR) is 44.9 cm³/mol. The van der Waals surface area contributed by atoms with Crippen LogP contribution in [0.2, 0.25) is 0 Å². The van der Waals surface area contributed by atoms with Crippen LogP contribution in [0, 0.1) is 5.41 Å². The first kappa shape index (κ1) is 9.45. The van der Waals surface area contributed by atoms with Crippen molar-refractivity contribution in [1.82, 2.24) is 0 Å². The third-order valence-electron chi connectivity index (χ3n) is 3.06. The first-order valence-electron chi connectivity index (χ1n) is 4.00. The molecule has 0 aromatic heterocycles. The minimum absolute atomic E-state index is 0.354. The Kier molecular flexibility index (Phi) is 2.31. The molecule has 1 rings (SSSR count). The molecule has 0 radical (unpaired) electrons. The van der Waals surface area contributed by atoms with E-state index >= 15 is 0 Å².